The van der Waals surface area contributed by atoms with Crippen LogP contribution in [-0.2, 0) is 11.3 Å². The van der Waals surface area contributed by atoms with Crippen molar-refractivity contribution in [1.29, 1.82) is 0 Å². The van der Waals surface area contributed by atoms with Gasteiger partial charge in [0.05, 0.1) is 18.7 Å². The molecular formula is C18H17N5OS2. The first-order chi connectivity index (χ1) is 12.9. The summed E-state index contributed by atoms with van der Waals surface area (Å²) in [6.45, 7) is 3.28. The molecule has 0 spiro atoms. The first-order valence-corrected chi connectivity index (χ1v) is 10.2. The smallest absolute Gasteiger partial charge is 0.121 e. The summed E-state index contributed by atoms with van der Waals surface area (Å²) >= 11 is 3.42. The Bertz CT molecular complexity index is 996. The van der Waals surface area contributed by atoms with Crippen molar-refractivity contribution >= 4 is 28.2 Å². The summed E-state index contributed by atoms with van der Waals surface area (Å²) in [5, 5.41) is 14.0. The fourth-order valence-electron chi connectivity index (χ4n) is 3.27. The predicted molar refractivity (Wildman–Crippen MR) is 102 cm³/mol. The van der Waals surface area contributed by atoms with E-state index >= 15 is 0 Å². The van der Waals surface area contributed by atoms with E-state index in [4.69, 9.17) is 4.74 Å². The average molecular weight is 384 g/mol. The number of rotatable bonds is 4. The quantitative estimate of drug-likeness (QED) is 0.540. The molecule has 0 aliphatic carbocycles. The molecule has 0 bridgehead atoms. The van der Waals surface area contributed by atoms with Gasteiger partial charge in [0, 0.05) is 41.3 Å². The van der Waals surface area contributed by atoms with Crippen LogP contribution in [0.2, 0.25) is 0 Å². The van der Waals surface area contributed by atoms with Gasteiger partial charge in [-0.25, -0.2) is 9.50 Å². The number of pyridine rings is 1. The van der Waals surface area contributed by atoms with Crippen LogP contribution in [-0.4, -0.2) is 44.4 Å². The fraction of sp³-hybridized carbons (Fsp3) is 0.278. The Kier molecular flexibility index (Phi) is 4.25. The zero-order valence-electron chi connectivity index (χ0n) is 14.0. The molecule has 132 valence electrons. The van der Waals surface area contributed by atoms with E-state index in [0.717, 1.165) is 41.4 Å². The van der Waals surface area contributed by atoms with Crippen molar-refractivity contribution in [2.75, 3.05) is 19.7 Å². The highest BCUT2D eigenvalue weighted by Gasteiger charge is 2.26. The van der Waals surface area contributed by atoms with Crippen LogP contribution < -0.4 is 0 Å². The fourth-order valence-corrected chi connectivity index (χ4v) is 4.64. The molecule has 1 aliphatic rings. The minimum atomic E-state index is -0.0613. The number of hydrogen-bond donors (Lipinski definition) is 0. The van der Waals surface area contributed by atoms with E-state index in [1.807, 2.05) is 22.3 Å². The van der Waals surface area contributed by atoms with Crippen LogP contribution in [0.25, 0.3) is 16.0 Å². The molecule has 0 N–H and O–H groups in total. The van der Waals surface area contributed by atoms with Crippen LogP contribution in [0.15, 0.2) is 47.4 Å². The summed E-state index contributed by atoms with van der Waals surface area (Å²) < 4.78 is 7.86. The Morgan fingerprint density at radius 2 is 2.19 bits per heavy atom. The maximum Gasteiger partial charge on any atom is 0.121 e. The number of aromatic nitrogens is 4. The molecule has 4 aromatic heterocycles. The van der Waals surface area contributed by atoms with Gasteiger partial charge >= 0.3 is 0 Å². The summed E-state index contributed by atoms with van der Waals surface area (Å²) in [5.41, 5.74) is 3.07. The number of morpholine rings is 1. The van der Waals surface area contributed by atoms with Gasteiger partial charge in [0.2, 0.25) is 0 Å². The molecule has 0 saturated carbocycles. The van der Waals surface area contributed by atoms with Gasteiger partial charge in [-0.3, -0.25) is 4.90 Å². The first-order valence-electron chi connectivity index (χ1n) is 8.48. The molecule has 8 heteroatoms. The highest BCUT2D eigenvalue weighted by Crippen LogP contribution is 2.28. The molecule has 0 radical (unpaired) electrons. The van der Waals surface area contributed by atoms with Crippen molar-refractivity contribution in [2.45, 2.75) is 12.6 Å². The Balaban J connectivity index is 1.39. The zero-order valence-corrected chi connectivity index (χ0v) is 15.6. The Hall–Kier alpha value is -2.13. The Morgan fingerprint density at radius 3 is 3.04 bits per heavy atom. The molecular weight excluding hydrogens is 366 g/mol. The van der Waals surface area contributed by atoms with Gasteiger partial charge in [-0.1, -0.05) is 11.3 Å². The Labute approximate surface area is 158 Å². The van der Waals surface area contributed by atoms with E-state index in [2.05, 4.69) is 49.8 Å². The third-order valence-electron chi connectivity index (χ3n) is 4.54. The molecule has 0 aromatic carbocycles. The third kappa shape index (κ3) is 3.05. The van der Waals surface area contributed by atoms with E-state index < -0.39 is 0 Å². The minimum Gasteiger partial charge on any atom is -0.369 e. The summed E-state index contributed by atoms with van der Waals surface area (Å²) in [7, 11) is 0. The van der Waals surface area contributed by atoms with Crippen molar-refractivity contribution < 1.29 is 4.74 Å². The predicted octanol–water partition coefficient (Wildman–Crippen LogP) is 3.49. The van der Waals surface area contributed by atoms with Crippen LogP contribution in [0.5, 0.6) is 0 Å². The summed E-state index contributed by atoms with van der Waals surface area (Å²) in [6.07, 6.45) is 3.83. The van der Waals surface area contributed by atoms with Crippen LogP contribution in [0.1, 0.15) is 16.8 Å². The molecule has 1 fully saturated rings. The van der Waals surface area contributed by atoms with E-state index in [1.165, 1.54) is 4.88 Å². The topological polar surface area (TPSA) is 55.5 Å². The lowest BCUT2D eigenvalue weighted by Gasteiger charge is -2.31. The van der Waals surface area contributed by atoms with Gasteiger partial charge in [0.25, 0.3) is 0 Å². The van der Waals surface area contributed by atoms with E-state index in [9.17, 15) is 0 Å². The van der Waals surface area contributed by atoms with Crippen LogP contribution >= 0.6 is 22.7 Å². The van der Waals surface area contributed by atoms with Gasteiger partial charge in [-0.15, -0.1) is 27.8 Å². The monoisotopic (exact) mass is 383 g/mol. The molecule has 1 saturated heterocycles. The minimum absolute atomic E-state index is 0.0613. The van der Waals surface area contributed by atoms with Crippen molar-refractivity contribution in [1.82, 2.24) is 24.7 Å². The lowest BCUT2D eigenvalue weighted by Crippen LogP contribution is -2.38. The summed E-state index contributed by atoms with van der Waals surface area (Å²) in [6, 6.07) is 8.39. The lowest BCUT2D eigenvalue weighted by molar-refractivity contribution is -0.0343. The lowest BCUT2D eigenvalue weighted by atomic mass is 10.1. The van der Waals surface area contributed by atoms with Crippen molar-refractivity contribution in [3.8, 4) is 10.4 Å². The largest absolute Gasteiger partial charge is 0.369 e. The summed E-state index contributed by atoms with van der Waals surface area (Å²) in [5.74, 6) is 0. The molecule has 1 aliphatic heterocycles. The molecule has 1 atom stereocenters. The van der Waals surface area contributed by atoms with Gasteiger partial charge in [0.1, 0.15) is 16.8 Å². The SMILES string of the molecule is c1csc(-c2ccc3c([C@@H]4CN(Cc5nccs5)CCO4)nnn3c2)c1. The van der Waals surface area contributed by atoms with Gasteiger partial charge < -0.3 is 4.74 Å². The van der Waals surface area contributed by atoms with Gasteiger partial charge in [0.15, 0.2) is 0 Å². The van der Waals surface area contributed by atoms with Crippen LogP contribution in [0.4, 0.5) is 0 Å². The maximum atomic E-state index is 6.01. The highest BCUT2D eigenvalue weighted by molar-refractivity contribution is 7.13. The van der Waals surface area contributed by atoms with Crippen LogP contribution in [0.3, 0.4) is 0 Å². The van der Waals surface area contributed by atoms with Crippen molar-refractivity contribution in [3.63, 3.8) is 0 Å². The zero-order chi connectivity index (χ0) is 17.3. The number of hydrogen-bond acceptors (Lipinski definition) is 7. The normalized spacial score (nSPS) is 18.5. The van der Waals surface area contributed by atoms with E-state index in [0.29, 0.717) is 6.61 Å². The van der Waals surface area contributed by atoms with E-state index in [1.54, 1.807) is 22.7 Å². The number of fused-ring (bicyclic) bond motifs is 1. The van der Waals surface area contributed by atoms with Crippen molar-refractivity contribution in [3.05, 3.63) is 58.1 Å². The molecule has 0 amide bonds. The number of ether oxygens (including phenoxy) is 1. The molecule has 5 heterocycles. The highest BCUT2D eigenvalue weighted by atomic mass is 32.1. The Morgan fingerprint density at radius 1 is 1.19 bits per heavy atom. The third-order valence-corrected chi connectivity index (χ3v) is 6.23. The number of nitrogens with zero attached hydrogens (tertiary/aromatic N) is 5. The van der Waals surface area contributed by atoms with Gasteiger partial charge in [-0.2, -0.15) is 0 Å². The molecule has 0 unspecified atom stereocenters. The van der Waals surface area contributed by atoms with Crippen LogP contribution in [0, 0.1) is 0 Å². The first kappa shape index (κ1) is 16.1. The second-order valence-corrected chi connectivity index (χ2v) is 8.15. The maximum absolute atomic E-state index is 6.01. The second kappa shape index (κ2) is 6.88. The van der Waals surface area contributed by atoms with E-state index in [-0.39, 0.29) is 6.10 Å². The molecule has 26 heavy (non-hydrogen) atoms. The second-order valence-electron chi connectivity index (χ2n) is 6.22. The molecule has 5 rings (SSSR count). The van der Waals surface area contributed by atoms with Crippen molar-refractivity contribution in [2.24, 2.45) is 0 Å². The van der Waals surface area contributed by atoms with Gasteiger partial charge in [-0.05, 0) is 23.6 Å². The standard InChI is InChI=1S/C18H17N5OS2/c1-2-16(25-8-1)13-3-4-14-18(20-21-23(14)10-13)15-11-22(6-7-24-15)12-17-19-5-9-26-17/h1-5,8-10,15H,6-7,11-12H2/t15-/m0/s1. The number of thiophene rings is 1. The molecule has 6 nitrogen and oxygen atoms in total. The average Bonchev–Trinajstić information content (AvgIpc) is 3.43. The summed E-state index contributed by atoms with van der Waals surface area (Å²) in [4.78, 5) is 7.99. The number of thiazole rings is 1. The molecule has 4 aromatic rings.